The number of carbonyl (C=O) groups excluding carboxylic acids is 1. The van der Waals surface area contributed by atoms with Crippen LogP contribution < -0.4 is 5.73 Å². The molecule has 1 aliphatic heterocycles. The predicted molar refractivity (Wildman–Crippen MR) is 120 cm³/mol. The summed E-state index contributed by atoms with van der Waals surface area (Å²) in [5, 5.41) is 7.12. The van der Waals surface area contributed by atoms with Gasteiger partial charge in [-0.3, -0.25) is 4.79 Å². The van der Waals surface area contributed by atoms with Gasteiger partial charge in [0.2, 0.25) is 0 Å². The van der Waals surface area contributed by atoms with Crippen molar-refractivity contribution in [1.29, 1.82) is 0 Å². The molecule has 1 saturated heterocycles. The lowest BCUT2D eigenvalue weighted by atomic mass is 9.98. The first-order valence-electron chi connectivity index (χ1n) is 11.7. The van der Waals surface area contributed by atoms with E-state index in [1.807, 2.05) is 6.08 Å². The average Bonchev–Trinajstić information content (AvgIpc) is 2.79. The average molecular weight is 500 g/mol. The molecule has 34 heavy (non-hydrogen) atoms. The van der Waals surface area contributed by atoms with E-state index in [1.165, 1.54) is 25.7 Å². The monoisotopic (exact) mass is 499 g/mol. The first-order valence-corrected chi connectivity index (χ1v) is 11.7. The van der Waals surface area contributed by atoms with Crippen LogP contribution in [0, 0.1) is 0 Å². The zero-order valence-corrected chi connectivity index (χ0v) is 20.4. The summed E-state index contributed by atoms with van der Waals surface area (Å²) in [6.45, 7) is 5.23. The van der Waals surface area contributed by atoms with Crippen LogP contribution in [0.2, 0.25) is 0 Å². The number of allylic oxidation sites excluding steroid dienone is 1. The van der Waals surface area contributed by atoms with Gasteiger partial charge in [0.15, 0.2) is 6.10 Å². The number of hydrogen-bond donors (Lipinski definition) is 2. The second-order valence-corrected chi connectivity index (χ2v) is 7.85. The number of esters is 1. The largest absolute Gasteiger partial charge is 0.490 e. The van der Waals surface area contributed by atoms with Crippen LogP contribution in [0.3, 0.4) is 0 Å². The molecule has 0 aromatic rings. The molecule has 1 heterocycles. The molecule has 0 bridgehead atoms. The first-order chi connectivity index (χ1) is 16.1. The van der Waals surface area contributed by atoms with Crippen LogP contribution in [0.4, 0.5) is 13.2 Å². The number of halogens is 3. The highest BCUT2D eigenvalue weighted by molar-refractivity contribution is 5.73. The minimum absolute atomic E-state index is 0.165. The van der Waals surface area contributed by atoms with Crippen molar-refractivity contribution in [3.63, 3.8) is 0 Å². The second-order valence-electron chi connectivity index (χ2n) is 7.85. The SMILES string of the molecule is CCCCCCC/C=C/[C@@H]1OC[C@@H](OCCCC)[C@H](OC)[C@@H]1OC(=O)CN.O=C(O)C(F)(F)F. The third-order valence-corrected chi connectivity index (χ3v) is 5.05. The number of rotatable bonds is 14. The van der Waals surface area contributed by atoms with Crippen LogP contribution in [0.15, 0.2) is 12.2 Å². The van der Waals surface area contributed by atoms with Gasteiger partial charge in [-0.15, -0.1) is 0 Å². The van der Waals surface area contributed by atoms with Gasteiger partial charge in [0, 0.05) is 13.7 Å². The molecule has 0 spiro atoms. The van der Waals surface area contributed by atoms with Gasteiger partial charge in [-0.1, -0.05) is 58.1 Å². The number of nitrogens with two attached hydrogens (primary N) is 1. The van der Waals surface area contributed by atoms with Gasteiger partial charge >= 0.3 is 18.1 Å². The van der Waals surface area contributed by atoms with Crippen molar-refractivity contribution in [2.45, 2.75) is 95.8 Å². The van der Waals surface area contributed by atoms with E-state index in [0.29, 0.717) is 13.2 Å². The molecule has 0 unspecified atom stereocenters. The molecule has 0 aliphatic carbocycles. The van der Waals surface area contributed by atoms with Crippen molar-refractivity contribution in [2.75, 3.05) is 26.9 Å². The summed E-state index contributed by atoms with van der Waals surface area (Å²) in [5.41, 5.74) is 5.43. The molecule has 200 valence electrons. The summed E-state index contributed by atoms with van der Waals surface area (Å²) in [7, 11) is 1.62. The minimum atomic E-state index is -5.08. The lowest BCUT2D eigenvalue weighted by molar-refractivity contribution is -0.214. The van der Waals surface area contributed by atoms with E-state index in [9.17, 15) is 18.0 Å². The van der Waals surface area contributed by atoms with Crippen LogP contribution in [0.25, 0.3) is 0 Å². The second kappa shape index (κ2) is 18.6. The highest BCUT2D eigenvalue weighted by Gasteiger charge is 2.43. The van der Waals surface area contributed by atoms with Gasteiger partial charge in [-0.05, 0) is 19.3 Å². The molecule has 0 aromatic carbocycles. The number of carbonyl (C=O) groups is 2. The summed E-state index contributed by atoms with van der Waals surface area (Å²) < 4.78 is 54.8. The standard InChI is InChI=1S/C21H39NO5.C2HF3O2/c1-4-6-8-9-10-11-12-13-17-21(27-19(23)15-22)20(24-3)18(16-26-17)25-14-7-5-2;3-2(4,5)1(6)7/h12-13,17-18,20-21H,4-11,14-16,22H2,1-3H3;(H,6,7)/b13-12+;/t17-,18+,20-,21+;/m0./s1. The van der Waals surface area contributed by atoms with Crippen LogP contribution in [0.1, 0.15) is 65.2 Å². The van der Waals surface area contributed by atoms with E-state index in [4.69, 9.17) is 34.6 Å². The Balaban J connectivity index is 0.00000135. The fraction of sp³-hybridized carbons (Fsp3) is 0.826. The Labute approximate surface area is 199 Å². The Kier molecular flexibility index (Phi) is 17.7. The molecule has 1 aliphatic rings. The van der Waals surface area contributed by atoms with Crippen molar-refractivity contribution < 1.29 is 46.8 Å². The molecule has 0 amide bonds. The molecule has 8 nitrogen and oxygen atoms in total. The van der Waals surface area contributed by atoms with Gasteiger partial charge in [0.05, 0.1) is 13.2 Å². The number of alkyl halides is 3. The van der Waals surface area contributed by atoms with Crippen molar-refractivity contribution in [3.8, 4) is 0 Å². The number of methoxy groups -OCH3 is 1. The molecule has 0 aromatic heterocycles. The third-order valence-electron chi connectivity index (χ3n) is 5.05. The summed E-state index contributed by atoms with van der Waals surface area (Å²) in [4.78, 5) is 20.7. The van der Waals surface area contributed by atoms with E-state index in [-0.39, 0.29) is 24.9 Å². The maximum absolute atomic E-state index is 11.8. The number of ether oxygens (including phenoxy) is 4. The Morgan fingerprint density at radius 1 is 1.09 bits per heavy atom. The summed E-state index contributed by atoms with van der Waals surface area (Å²) in [5.74, 6) is -3.22. The van der Waals surface area contributed by atoms with Crippen LogP contribution in [-0.2, 0) is 28.5 Å². The van der Waals surface area contributed by atoms with Gasteiger partial charge in [-0.2, -0.15) is 13.2 Å². The Morgan fingerprint density at radius 2 is 1.71 bits per heavy atom. The maximum atomic E-state index is 11.8. The number of aliphatic carboxylic acids is 1. The molecule has 11 heteroatoms. The van der Waals surface area contributed by atoms with E-state index >= 15 is 0 Å². The Hall–Kier alpha value is -1.69. The molecule has 0 saturated carbocycles. The van der Waals surface area contributed by atoms with Crippen molar-refractivity contribution in [3.05, 3.63) is 12.2 Å². The van der Waals surface area contributed by atoms with E-state index < -0.39 is 24.2 Å². The van der Waals surface area contributed by atoms with E-state index in [2.05, 4.69) is 19.9 Å². The molecular weight excluding hydrogens is 459 g/mol. The third kappa shape index (κ3) is 13.9. The minimum Gasteiger partial charge on any atom is -0.475 e. The van der Waals surface area contributed by atoms with Crippen LogP contribution in [-0.4, -0.2) is 74.5 Å². The summed E-state index contributed by atoms with van der Waals surface area (Å²) in [6, 6.07) is 0. The van der Waals surface area contributed by atoms with Crippen molar-refractivity contribution in [2.24, 2.45) is 5.73 Å². The number of unbranched alkanes of at least 4 members (excludes halogenated alkanes) is 6. The highest BCUT2D eigenvalue weighted by Crippen LogP contribution is 2.25. The molecule has 4 atom stereocenters. The van der Waals surface area contributed by atoms with E-state index in [1.54, 1.807) is 7.11 Å². The lowest BCUT2D eigenvalue weighted by Gasteiger charge is -2.40. The van der Waals surface area contributed by atoms with Gasteiger partial charge in [0.25, 0.3) is 0 Å². The lowest BCUT2D eigenvalue weighted by Crippen LogP contribution is -2.56. The molecule has 1 rings (SSSR count). The number of carboxylic acid groups (broad SMARTS) is 1. The molecule has 1 fully saturated rings. The zero-order valence-electron chi connectivity index (χ0n) is 20.4. The van der Waals surface area contributed by atoms with Crippen molar-refractivity contribution >= 4 is 11.9 Å². The summed E-state index contributed by atoms with van der Waals surface area (Å²) in [6.07, 6.45) is 6.75. The quantitative estimate of drug-likeness (QED) is 0.209. The number of carboxylic acids is 1. The van der Waals surface area contributed by atoms with Gasteiger partial charge in [-0.25, -0.2) is 4.79 Å². The smallest absolute Gasteiger partial charge is 0.475 e. The Morgan fingerprint density at radius 3 is 2.24 bits per heavy atom. The zero-order chi connectivity index (χ0) is 26.0. The van der Waals surface area contributed by atoms with Gasteiger partial charge < -0.3 is 29.8 Å². The van der Waals surface area contributed by atoms with E-state index in [0.717, 1.165) is 25.7 Å². The fourth-order valence-electron chi connectivity index (χ4n) is 3.20. The number of hydrogen-bond acceptors (Lipinski definition) is 7. The first kappa shape index (κ1) is 32.3. The fourth-order valence-corrected chi connectivity index (χ4v) is 3.20. The highest BCUT2D eigenvalue weighted by atomic mass is 19.4. The normalized spacial score (nSPS) is 22.8. The molecule has 0 radical (unpaired) electrons. The topological polar surface area (TPSA) is 117 Å². The predicted octanol–water partition coefficient (Wildman–Crippen LogP) is 4.01. The van der Waals surface area contributed by atoms with Crippen LogP contribution >= 0.6 is 0 Å². The summed E-state index contributed by atoms with van der Waals surface area (Å²) >= 11 is 0. The molecule has 3 N–H and O–H groups in total. The molecular formula is C23H40F3NO7. The van der Waals surface area contributed by atoms with Gasteiger partial charge in [0.1, 0.15) is 18.3 Å². The maximum Gasteiger partial charge on any atom is 0.490 e. The van der Waals surface area contributed by atoms with Crippen molar-refractivity contribution in [1.82, 2.24) is 0 Å². The van der Waals surface area contributed by atoms with Crippen LogP contribution in [0.5, 0.6) is 0 Å². The Bertz CT molecular complexity index is 587.